The maximum Gasteiger partial charge on any atom is 0.251 e. The number of anilines is 2. The van der Waals surface area contributed by atoms with Gasteiger partial charge in [0.1, 0.15) is 5.82 Å². The molecule has 1 aliphatic rings. The lowest BCUT2D eigenvalue weighted by atomic mass is 10.1. The topological polar surface area (TPSA) is 80.8 Å². The Labute approximate surface area is 120 Å². The first-order valence-corrected chi connectivity index (χ1v) is 6.57. The Morgan fingerprint density at radius 2 is 1.76 bits per heavy atom. The number of nitrogens with zero attached hydrogens (tertiary/aromatic N) is 5. The largest absolute Gasteiger partial charge is 0.384 e. The third-order valence-electron chi connectivity index (χ3n) is 3.35. The molecule has 0 unspecified atom stereocenters. The van der Waals surface area contributed by atoms with E-state index in [1.165, 1.54) is 0 Å². The highest BCUT2D eigenvalue weighted by atomic mass is 19.3. The van der Waals surface area contributed by atoms with Gasteiger partial charge in [0.15, 0.2) is 5.82 Å². The van der Waals surface area contributed by atoms with E-state index in [2.05, 4.69) is 19.9 Å². The zero-order valence-corrected chi connectivity index (χ0v) is 11.2. The van der Waals surface area contributed by atoms with Gasteiger partial charge in [-0.1, -0.05) is 0 Å². The van der Waals surface area contributed by atoms with Gasteiger partial charge < -0.3 is 10.6 Å². The van der Waals surface area contributed by atoms with Crippen LogP contribution < -0.4 is 10.6 Å². The second-order valence-corrected chi connectivity index (χ2v) is 4.92. The van der Waals surface area contributed by atoms with Gasteiger partial charge in [0.05, 0.1) is 5.56 Å². The number of hydrogen-bond donors (Lipinski definition) is 1. The highest BCUT2D eigenvalue weighted by Crippen LogP contribution is 2.29. The first-order chi connectivity index (χ1) is 10.0. The molecule has 0 aliphatic carbocycles. The van der Waals surface area contributed by atoms with Crippen molar-refractivity contribution in [1.29, 1.82) is 0 Å². The van der Waals surface area contributed by atoms with Crippen LogP contribution in [0.1, 0.15) is 12.8 Å². The van der Waals surface area contributed by atoms with Crippen LogP contribution in [-0.2, 0) is 0 Å². The van der Waals surface area contributed by atoms with Crippen LogP contribution in [0.15, 0.2) is 24.7 Å². The van der Waals surface area contributed by atoms with Crippen LogP contribution >= 0.6 is 0 Å². The molecular weight excluding hydrogens is 278 g/mol. The molecule has 0 aromatic carbocycles. The van der Waals surface area contributed by atoms with Crippen LogP contribution in [0.3, 0.4) is 0 Å². The normalized spacial score (nSPS) is 17.7. The van der Waals surface area contributed by atoms with E-state index in [1.54, 1.807) is 29.6 Å². The Morgan fingerprint density at radius 3 is 2.38 bits per heavy atom. The Morgan fingerprint density at radius 1 is 1.10 bits per heavy atom. The summed E-state index contributed by atoms with van der Waals surface area (Å²) in [6, 6.07) is 1.59. The molecular formula is C13H14F2N6. The molecule has 3 rings (SSSR count). The molecule has 110 valence electrons. The van der Waals surface area contributed by atoms with Crippen LogP contribution in [0.25, 0.3) is 11.4 Å². The van der Waals surface area contributed by atoms with Crippen LogP contribution in [0.2, 0.25) is 0 Å². The van der Waals surface area contributed by atoms with Crippen molar-refractivity contribution in [3.63, 3.8) is 0 Å². The average molecular weight is 292 g/mol. The summed E-state index contributed by atoms with van der Waals surface area (Å²) in [5.41, 5.74) is 6.23. The van der Waals surface area contributed by atoms with Gasteiger partial charge in [-0.25, -0.2) is 28.7 Å². The van der Waals surface area contributed by atoms with E-state index >= 15 is 0 Å². The van der Waals surface area contributed by atoms with Gasteiger partial charge in [-0.05, 0) is 6.07 Å². The summed E-state index contributed by atoms with van der Waals surface area (Å²) in [5.74, 6) is -1.33. The number of aromatic nitrogens is 4. The minimum Gasteiger partial charge on any atom is -0.384 e. The van der Waals surface area contributed by atoms with E-state index in [-0.39, 0.29) is 25.9 Å². The zero-order valence-electron chi connectivity index (χ0n) is 11.2. The number of nitrogen functional groups attached to an aromatic ring is 1. The fourth-order valence-corrected chi connectivity index (χ4v) is 2.15. The van der Waals surface area contributed by atoms with Crippen molar-refractivity contribution < 1.29 is 8.78 Å². The number of nitrogens with two attached hydrogens (primary N) is 1. The molecule has 0 saturated carbocycles. The highest BCUT2D eigenvalue weighted by Gasteiger charge is 2.34. The molecule has 2 aromatic heterocycles. The van der Waals surface area contributed by atoms with E-state index in [0.717, 1.165) is 0 Å². The molecule has 0 amide bonds. The molecule has 2 N–H and O–H groups in total. The predicted molar refractivity (Wildman–Crippen MR) is 73.9 cm³/mol. The van der Waals surface area contributed by atoms with E-state index < -0.39 is 5.92 Å². The molecule has 1 fully saturated rings. The molecule has 0 spiro atoms. The summed E-state index contributed by atoms with van der Waals surface area (Å²) in [4.78, 5) is 18.3. The van der Waals surface area contributed by atoms with Gasteiger partial charge in [-0.15, -0.1) is 0 Å². The molecule has 3 heterocycles. The summed E-state index contributed by atoms with van der Waals surface area (Å²) in [6.45, 7) is 0.502. The van der Waals surface area contributed by atoms with Gasteiger partial charge in [0.2, 0.25) is 5.95 Å². The third-order valence-corrected chi connectivity index (χ3v) is 3.35. The fraction of sp³-hybridized carbons (Fsp3) is 0.385. The second-order valence-electron chi connectivity index (χ2n) is 4.92. The lowest BCUT2D eigenvalue weighted by molar-refractivity contribution is -0.0222. The minimum absolute atomic E-state index is 0.170. The average Bonchev–Trinajstić information content (AvgIpc) is 2.47. The minimum atomic E-state index is -2.58. The van der Waals surface area contributed by atoms with Crippen molar-refractivity contribution in [1.82, 2.24) is 19.9 Å². The molecule has 0 radical (unpaired) electrons. The first kappa shape index (κ1) is 13.6. The van der Waals surface area contributed by atoms with Crippen molar-refractivity contribution in [2.24, 2.45) is 0 Å². The van der Waals surface area contributed by atoms with Gasteiger partial charge in [-0.2, -0.15) is 0 Å². The smallest absolute Gasteiger partial charge is 0.251 e. The van der Waals surface area contributed by atoms with E-state index in [0.29, 0.717) is 23.2 Å². The molecule has 21 heavy (non-hydrogen) atoms. The fourth-order valence-electron chi connectivity index (χ4n) is 2.15. The maximum atomic E-state index is 13.1. The van der Waals surface area contributed by atoms with Crippen molar-refractivity contribution in [3.8, 4) is 11.4 Å². The van der Waals surface area contributed by atoms with Gasteiger partial charge in [0.25, 0.3) is 5.92 Å². The summed E-state index contributed by atoms with van der Waals surface area (Å²) in [5, 5.41) is 0. The number of piperidine rings is 1. The van der Waals surface area contributed by atoms with Gasteiger partial charge in [-0.3, -0.25) is 0 Å². The number of hydrogen-bond acceptors (Lipinski definition) is 6. The second kappa shape index (κ2) is 5.19. The zero-order chi connectivity index (χ0) is 14.9. The van der Waals surface area contributed by atoms with E-state index in [9.17, 15) is 8.78 Å². The van der Waals surface area contributed by atoms with Crippen molar-refractivity contribution in [3.05, 3.63) is 24.7 Å². The van der Waals surface area contributed by atoms with Crippen molar-refractivity contribution >= 4 is 11.8 Å². The number of alkyl halides is 2. The molecule has 8 heteroatoms. The first-order valence-electron chi connectivity index (χ1n) is 6.57. The molecule has 1 aliphatic heterocycles. The standard InChI is InChI=1S/C13H14F2N6/c14-13(15)2-5-21(6-3-13)12-18-7-9(8-19-12)11-17-4-1-10(16)20-11/h1,4,7-8H,2-3,5-6H2,(H2,16,17,20). The van der Waals surface area contributed by atoms with Crippen LogP contribution in [-0.4, -0.2) is 38.9 Å². The summed E-state index contributed by atoms with van der Waals surface area (Å²) >= 11 is 0. The molecule has 2 aromatic rings. The van der Waals surface area contributed by atoms with Gasteiger partial charge >= 0.3 is 0 Å². The van der Waals surface area contributed by atoms with Gasteiger partial charge in [0, 0.05) is 44.5 Å². The molecule has 0 atom stereocenters. The van der Waals surface area contributed by atoms with Crippen LogP contribution in [0.5, 0.6) is 0 Å². The predicted octanol–water partition coefficient (Wildman–Crippen LogP) is 1.75. The Balaban J connectivity index is 1.76. The quantitative estimate of drug-likeness (QED) is 0.908. The third kappa shape index (κ3) is 3.04. The number of rotatable bonds is 2. The summed E-state index contributed by atoms with van der Waals surface area (Å²) in [7, 11) is 0. The summed E-state index contributed by atoms with van der Waals surface area (Å²) in [6.07, 6.45) is 4.36. The Hall–Kier alpha value is -2.38. The van der Waals surface area contributed by atoms with Crippen molar-refractivity contribution in [2.75, 3.05) is 23.7 Å². The van der Waals surface area contributed by atoms with Crippen LogP contribution in [0, 0.1) is 0 Å². The Bertz CT molecular complexity index is 621. The lowest BCUT2D eigenvalue weighted by Gasteiger charge is -2.31. The highest BCUT2D eigenvalue weighted by molar-refractivity contribution is 5.54. The molecule has 6 nitrogen and oxygen atoms in total. The lowest BCUT2D eigenvalue weighted by Crippen LogP contribution is -2.40. The van der Waals surface area contributed by atoms with Crippen molar-refractivity contribution in [2.45, 2.75) is 18.8 Å². The monoisotopic (exact) mass is 292 g/mol. The van der Waals surface area contributed by atoms with Crippen LogP contribution in [0.4, 0.5) is 20.5 Å². The number of halogens is 2. The Kier molecular flexibility index (Phi) is 3.36. The van der Waals surface area contributed by atoms with E-state index in [4.69, 9.17) is 5.73 Å². The molecule has 0 bridgehead atoms. The SMILES string of the molecule is Nc1ccnc(-c2cnc(N3CCC(F)(F)CC3)nc2)n1. The molecule has 1 saturated heterocycles. The maximum absolute atomic E-state index is 13.1. The van der Waals surface area contributed by atoms with E-state index in [1.807, 2.05) is 0 Å². The summed E-state index contributed by atoms with van der Waals surface area (Å²) < 4.78 is 26.2.